The molecule has 0 aliphatic carbocycles. The molecule has 0 heterocycles. The van der Waals surface area contributed by atoms with Crippen LogP contribution in [-0.4, -0.2) is 12.5 Å². The molecule has 0 aliphatic rings. The highest BCUT2D eigenvalue weighted by atomic mass is 16.5. The van der Waals surface area contributed by atoms with Crippen molar-refractivity contribution in [3.63, 3.8) is 0 Å². The molecule has 0 saturated heterocycles. The molecule has 0 unspecified atom stereocenters. The van der Waals surface area contributed by atoms with E-state index in [-0.39, 0.29) is 5.91 Å². The molecule has 0 aromatic heterocycles. The van der Waals surface area contributed by atoms with E-state index < -0.39 is 0 Å². The van der Waals surface area contributed by atoms with Gasteiger partial charge in [-0.15, -0.1) is 0 Å². The third-order valence-electron chi connectivity index (χ3n) is 4.73. The van der Waals surface area contributed by atoms with Crippen molar-refractivity contribution < 1.29 is 9.53 Å². The van der Waals surface area contributed by atoms with E-state index in [0.29, 0.717) is 6.54 Å². The Morgan fingerprint density at radius 1 is 0.808 bits per heavy atom. The summed E-state index contributed by atoms with van der Waals surface area (Å²) in [6, 6.07) is 7.98. The quantitative estimate of drug-likeness (QED) is 0.346. The fraction of sp³-hybridized carbons (Fsp3) is 0.696. The van der Waals surface area contributed by atoms with Gasteiger partial charge in [0.15, 0.2) is 0 Å². The third-order valence-corrected chi connectivity index (χ3v) is 4.73. The van der Waals surface area contributed by atoms with E-state index in [4.69, 9.17) is 4.74 Å². The number of hydrogen-bond acceptors (Lipinski definition) is 2. The lowest BCUT2D eigenvalue weighted by atomic mass is 10.1. The summed E-state index contributed by atoms with van der Waals surface area (Å²) in [5.41, 5.74) is 1.10. The van der Waals surface area contributed by atoms with Gasteiger partial charge in [0.1, 0.15) is 5.75 Å². The zero-order valence-electron chi connectivity index (χ0n) is 17.0. The van der Waals surface area contributed by atoms with Crippen LogP contribution >= 0.6 is 0 Å². The summed E-state index contributed by atoms with van der Waals surface area (Å²) in [6.07, 6.45) is 16.3. The van der Waals surface area contributed by atoms with E-state index in [2.05, 4.69) is 12.2 Å². The highest BCUT2D eigenvalue weighted by molar-refractivity contribution is 5.72. The van der Waals surface area contributed by atoms with E-state index in [9.17, 15) is 4.79 Å². The number of benzene rings is 1. The second-order valence-electron chi connectivity index (χ2n) is 7.29. The Morgan fingerprint density at radius 2 is 1.31 bits per heavy atom. The summed E-state index contributed by atoms with van der Waals surface area (Å²) in [4.78, 5) is 10.9. The topological polar surface area (TPSA) is 38.3 Å². The average molecular weight is 362 g/mol. The highest BCUT2D eigenvalue weighted by Gasteiger charge is 1.98. The molecule has 148 valence electrons. The summed E-state index contributed by atoms with van der Waals surface area (Å²) in [6.45, 7) is 5.18. The van der Waals surface area contributed by atoms with E-state index in [1.165, 1.54) is 77.6 Å². The Labute approximate surface area is 160 Å². The molecule has 0 radical (unpaired) electrons. The number of hydrogen-bond donors (Lipinski definition) is 1. The first-order valence-electron chi connectivity index (χ1n) is 10.7. The van der Waals surface area contributed by atoms with Crippen LogP contribution in [0.5, 0.6) is 5.75 Å². The Hall–Kier alpha value is -1.51. The van der Waals surface area contributed by atoms with Gasteiger partial charge >= 0.3 is 0 Å². The van der Waals surface area contributed by atoms with Crippen LogP contribution in [0.2, 0.25) is 0 Å². The lowest BCUT2D eigenvalue weighted by molar-refractivity contribution is -0.119. The first kappa shape index (κ1) is 22.5. The van der Waals surface area contributed by atoms with Gasteiger partial charge in [-0.05, 0) is 24.1 Å². The van der Waals surface area contributed by atoms with Crippen molar-refractivity contribution in [3.05, 3.63) is 29.8 Å². The van der Waals surface area contributed by atoms with Gasteiger partial charge in [-0.1, -0.05) is 89.7 Å². The van der Waals surface area contributed by atoms with Crippen molar-refractivity contribution in [3.8, 4) is 5.75 Å². The molecule has 0 fully saturated rings. The monoisotopic (exact) mass is 361 g/mol. The molecule has 3 nitrogen and oxygen atoms in total. The van der Waals surface area contributed by atoms with Crippen molar-refractivity contribution in [2.45, 2.75) is 97.4 Å². The normalized spacial score (nSPS) is 10.7. The molecule has 1 amide bonds. The van der Waals surface area contributed by atoms with Crippen molar-refractivity contribution in [1.29, 1.82) is 0 Å². The molecule has 0 atom stereocenters. The van der Waals surface area contributed by atoms with Gasteiger partial charge in [-0.3, -0.25) is 4.79 Å². The number of carbonyl (C=O) groups is 1. The fourth-order valence-electron chi connectivity index (χ4n) is 3.06. The molecule has 0 aliphatic heterocycles. The summed E-state index contributed by atoms with van der Waals surface area (Å²) in [7, 11) is 0. The molecule has 0 spiro atoms. The van der Waals surface area contributed by atoms with E-state index in [1.54, 1.807) is 0 Å². The molecule has 0 saturated carbocycles. The Bertz CT molecular complexity index is 456. The minimum absolute atomic E-state index is 0.00250. The van der Waals surface area contributed by atoms with Crippen LogP contribution in [0.25, 0.3) is 0 Å². The number of amides is 1. The number of rotatable bonds is 16. The molecular weight excluding hydrogens is 322 g/mol. The van der Waals surface area contributed by atoms with Crippen molar-refractivity contribution in [2.75, 3.05) is 6.61 Å². The van der Waals surface area contributed by atoms with Crippen molar-refractivity contribution >= 4 is 5.91 Å². The van der Waals surface area contributed by atoms with E-state index >= 15 is 0 Å². The average Bonchev–Trinajstić information content (AvgIpc) is 2.64. The molecule has 1 rings (SSSR count). The van der Waals surface area contributed by atoms with Crippen molar-refractivity contribution in [1.82, 2.24) is 5.32 Å². The first-order chi connectivity index (χ1) is 12.7. The molecule has 1 aromatic carbocycles. The van der Waals surface area contributed by atoms with Gasteiger partial charge in [0.2, 0.25) is 5.91 Å². The summed E-state index contributed by atoms with van der Waals surface area (Å²) < 4.78 is 5.79. The predicted molar refractivity (Wildman–Crippen MR) is 111 cm³/mol. The number of unbranched alkanes of at least 4 members (excludes halogenated alkanes) is 11. The number of nitrogens with one attached hydrogen (secondary N) is 1. The molecule has 1 N–H and O–H groups in total. The zero-order chi connectivity index (χ0) is 18.9. The summed E-state index contributed by atoms with van der Waals surface area (Å²) in [5.74, 6) is 0.914. The molecule has 3 heteroatoms. The molecular formula is C23H39NO2. The van der Waals surface area contributed by atoms with Gasteiger partial charge in [0, 0.05) is 13.5 Å². The Balaban J connectivity index is 1.90. The highest BCUT2D eigenvalue weighted by Crippen LogP contribution is 2.14. The second kappa shape index (κ2) is 15.7. The maximum Gasteiger partial charge on any atom is 0.217 e. The number of ether oxygens (including phenoxy) is 1. The second-order valence-corrected chi connectivity index (χ2v) is 7.29. The molecule has 26 heavy (non-hydrogen) atoms. The SMILES string of the molecule is CCCCCCCCCCCCCCOc1ccc(CNC(C)=O)cc1. The van der Waals surface area contributed by atoms with Gasteiger partial charge in [0.05, 0.1) is 6.61 Å². The van der Waals surface area contributed by atoms with E-state index in [0.717, 1.165) is 24.3 Å². The van der Waals surface area contributed by atoms with Crippen LogP contribution < -0.4 is 10.1 Å². The predicted octanol–water partition coefficient (Wildman–Crippen LogP) is 6.40. The minimum atomic E-state index is -0.00250. The lowest BCUT2D eigenvalue weighted by Crippen LogP contribution is -2.18. The molecule has 0 bridgehead atoms. The van der Waals surface area contributed by atoms with Crippen LogP contribution in [-0.2, 0) is 11.3 Å². The van der Waals surface area contributed by atoms with Crippen LogP contribution in [0.1, 0.15) is 96.5 Å². The van der Waals surface area contributed by atoms with Gasteiger partial charge in [-0.25, -0.2) is 0 Å². The third kappa shape index (κ3) is 12.8. The smallest absolute Gasteiger partial charge is 0.217 e. The van der Waals surface area contributed by atoms with Crippen LogP contribution in [0.3, 0.4) is 0 Å². The fourth-order valence-corrected chi connectivity index (χ4v) is 3.06. The summed E-state index contributed by atoms with van der Waals surface area (Å²) in [5, 5.41) is 2.80. The minimum Gasteiger partial charge on any atom is -0.494 e. The van der Waals surface area contributed by atoms with E-state index in [1.807, 2.05) is 24.3 Å². The Kier molecular flexibility index (Phi) is 13.6. The van der Waals surface area contributed by atoms with Crippen LogP contribution in [0.4, 0.5) is 0 Å². The standard InChI is InChI=1S/C23H39NO2/c1-3-4-5-6-7-8-9-10-11-12-13-14-19-26-23-17-15-22(16-18-23)20-24-21(2)25/h15-18H,3-14,19-20H2,1-2H3,(H,24,25). The first-order valence-corrected chi connectivity index (χ1v) is 10.7. The van der Waals surface area contributed by atoms with Gasteiger partial charge in [-0.2, -0.15) is 0 Å². The van der Waals surface area contributed by atoms with Gasteiger partial charge < -0.3 is 10.1 Å². The summed E-state index contributed by atoms with van der Waals surface area (Å²) >= 11 is 0. The van der Waals surface area contributed by atoms with Crippen LogP contribution in [0.15, 0.2) is 24.3 Å². The van der Waals surface area contributed by atoms with Crippen molar-refractivity contribution in [2.24, 2.45) is 0 Å². The lowest BCUT2D eigenvalue weighted by Gasteiger charge is -2.08. The zero-order valence-corrected chi connectivity index (χ0v) is 17.0. The Morgan fingerprint density at radius 3 is 1.81 bits per heavy atom. The maximum absolute atomic E-state index is 10.9. The molecule has 1 aromatic rings. The largest absolute Gasteiger partial charge is 0.494 e. The van der Waals surface area contributed by atoms with Gasteiger partial charge in [0.25, 0.3) is 0 Å². The maximum atomic E-state index is 10.9. The number of carbonyl (C=O) groups excluding carboxylic acids is 1. The van der Waals surface area contributed by atoms with Crippen LogP contribution in [0, 0.1) is 0 Å².